The van der Waals surface area contributed by atoms with Crippen LogP contribution in [0.3, 0.4) is 0 Å². The molecule has 0 aliphatic carbocycles. The highest BCUT2D eigenvalue weighted by atomic mass is 127. The third kappa shape index (κ3) is 4.93. The summed E-state index contributed by atoms with van der Waals surface area (Å²) in [5.74, 6) is -0.197. The van der Waals surface area contributed by atoms with Gasteiger partial charge in [0.25, 0.3) is 0 Å². The predicted molar refractivity (Wildman–Crippen MR) is 78.1 cm³/mol. The summed E-state index contributed by atoms with van der Waals surface area (Å²) in [5.41, 5.74) is 0.955. The fourth-order valence-corrected chi connectivity index (χ4v) is 1.91. The lowest BCUT2D eigenvalue weighted by atomic mass is 10.1. The zero-order valence-electron chi connectivity index (χ0n) is 10.2. The molecule has 0 aliphatic rings. The average Bonchev–Trinajstić information content (AvgIpc) is 2.36. The van der Waals surface area contributed by atoms with E-state index in [9.17, 15) is 4.79 Å². The van der Waals surface area contributed by atoms with Gasteiger partial charge in [-0.3, -0.25) is 0 Å². The molecule has 1 aromatic rings. The Hall–Kier alpha value is -0.780. The van der Waals surface area contributed by atoms with E-state index in [0.29, 0.717) is 0 Å². The maximum Gasteiger partial charge on any atom is 0.328 e. The number of rotatable bonds is 6. The molecule has 1 rings (SSSR count). The molecule has 1 N–H and O–H groups in total. The van der Waals surface area contributed by atoms with Gasteiger partial charge in [0.15, 0.2) is 0 Å². The largest absolute Gasteiger partial charge is 0.467 e. The van der Waals surface area contributed by atoms with Gasteiger partial charge >= 0.3 is 5.97 Å². The molecule has 1 aromatic carbocycles. The van der Waals surface area contributed by atoms with Crippen LogP contribution in [0, 0.1) is 3.57 Å². The van der Waals surface area contributed by atoms with E-state index in [4.69, 9.17) is 4.74 Å². The number of nitrogens with one attached hydrogen (secondary N) is 1. The molecule has 0 aliphatic heterocycles. The van der Waals surface area contributed by atoms with E-state index < -0.39 is 0 Å². The highest BCUT2D eigenvalue weighted by Gasteiger charge is 2.17. The summed E-state index contributed by atoms with van der Waals surface area (Å²) in [6.07, 6.45) is 2.88. The van der Waals surface area contributed by atoms with Crippen LogP contribution in [0.15, 0.2) is 24.3 Å². The lowest BCUT2D eigenvalue weighted by Gasteiger charge is -2.17. The summed E-state index contributed by atoms with van der Waals surface area (Å²) in [6, 6.07) is 7.72. The Kier molecular flexibility index (Phi) is 6.32. The van der Waals surface area contributed by atoms with E-state index in [1.54, 1.807) is 0 Å². The summed E-state index contributed by atoms with van der Waals surface area (Å²) in [5, 5.41) is 3.21. The van der Waals surface area contributed by atoms with E-state index >= 15 is 0 Å². The molecule has 0 fully saturated rings. The summed E-state index contributed by atoms with van der Waals surface area (Å²) < 4.78 is 5.98. The molecule has 1 unspecified atom stereocenters. The Balaban J connectivity index is 2.64. The quantitative estimate of drug-likeness (QED) is 0.633. The fraction of sp³-hybridized carbons (Fsp3) is 0.462. The molecule has 0 radical (unpaired) electrons. The molecule has 4 heteroatoms. The third-order valence-corrected chi connectivity index (χ3v) is 3.24. The van der Waals surface area contributed by atoms with Crippen LogP contribution >= 0.6 is 22.6 Å². The number of carbonyl (C=O) groups is 1. The van der Waals surface area contributed by atoms with Crippen LogP contribution in [0.25, 0.3) is 0 Å². The van der Waals surface area contributed by atoms with Crippen LogP contribution in [0.4, 0.5) is 5.69 Å². The van der Waals surface area contributed by atoms with Crippen LogP contribution in [0.2, 0.25) is 0 Å². The minimum Gasteiger partial charge on any atom is -0.467 e. The minimum atomic E-state index is -0.250. The van der Waals surface area contributed by atoms with Gasteiger partial charge in [-0.25, -0.2) is 4.79 Å². The first-order valence-electron chi connectivity index (χ1n) is 5.77. The highest BCUT2D eigenvalue weighted by Crippen LogP contribution is 2.14. The number of hydrogen-bond acceptors (Lipinski definition) is 3. The van der Waals surface area contributed by atoms with Crippen LogP contribution < -0.4 is 5.32 Å². The van der Waals surface area contributed by atoms with Crippen LogP contribution in [-0.4, -0.2) is 19.1 Å². The Bertz CT molecular complexity index is 351. The highest BCUT2D eigenvalue weighted by molar-refractivity contribution is 14.1. The molecule has 0 spiro atoms. The number of halogens is 1. The zero-order chi connectivity index (χ0) is 12.7. The second kappa shape index (κ2) is 7.53. The number of benzene rings is 1. The molecule has 94 valence electrons. The van der Waals surface area contributed by atoms with Crippen LogP contribution in [0.5, 0.6) is 0 Å². The van der Waals surface area contributed by atoms with Crippen molar-refractivity contribution < 1.29 is 9.53 Å². The summed E-state index contributed by atoms with van der Waals surface area (Å²) >= 11 is 2.25. The summed E-state index contributed by atoms with van der Waals surface area (Å²) in [7, 11) is 1.43. The van der Waals surface area contributed by atoms with Gasteiger partial charge in [0.2, 0.25) is 0 Å². The zero-order valence-corrected chi connectivity index (χ0v) is 12.4. The van der Waals surface area contributed by atoms with Crippen molar-refractivity contribution in [3.8, 4) is 0 Å². The number of carbonyl (C=O) groups excluding carboxylic acids is 1. The second-order valence-electron chi connectivity index (χ2n) is 3.87. The van der Waals surface area contributed by atoms with Gasteiger partial charge in [0, 0.05) is 9.26 Å². The fourth-order valence-electron chi connectivity index (χ4n) is 1.55. The van der Waals surface area contributed by atoms with Crippen LogP contribution in [-0.2, 0) is 9.53 Å². The van der Waals surface area contributed by atoms with Gasteiger partial charge in [-0.2, -0.15) is 0 Å². The van der Waals surface area contributed by atoms with Gasteiger partial charge in [0.05, 0.1) is 7.11 Å². The van der Waals surface area contributed by atoms with E-state index in [1.807, 2.05) is 24.3 Å². The normalized spacial score (nSPS) is 11.9. The average molecular weight is 347 g/mol. The molecule has 0 bridgehead atoms. The van der Waals surface area contributed by atoms with Gasteiger partial charge in [-0.1, -0.05) is 19.8 Å². The first-order valence-corrected chi connectivity index (χ1v) is 6.85. The van der Waals surface area contributed by atoms with Gasteiger partial charge < -0.3 is 10.1 Å². The SMILES string of the molecule is CCCCC(Nc1ccc(I)cc1)C(=O)OC. The van der Waals surface area contributed by atoms with Crippen molar-refractivity contribution >= 4 is 34.2 Å². The van der Waals surface area contributed by atoms with Crippen molar-refractivity contribution in [3.05, 3.63) is 27.8 Å². The van der Waals surface area contributed by atoms with Crippen molar-refractivity contribution in [1.82, 2.24) is 0 Å². The lowest BCUT2D eigenvalue weighted by molar-refractivity contribution is -0.141. The monoisotopic (exact) mass is 347 g/mol. The topological polar surface area (TPSA) is 38.3 Å². The van der Waals surface area contributed by atoms with Gasteiger partial charge in [0.1, 0.15) is 6.04 Å². The van der Waals surface area contributed by atoms with E-state index in [-0.39, 0.29) is 12.0 Å². The molecule has 17 heavy (non-hydrogen) atoms. The number of ether oxygens (including phenoxy) is 1. The molecule has 0 saturated heterocycles. The molecular weight excluding hydrogens is 329 g/mol. The molecule has 0 heterocycles. The second-order valence-corrected chi connectivity index (χ2v) is 5.11. The maximum atomic E-state index is 11.6. The van der Waals surface area contributed by atoms with Crippen molar-refractivity contribution in [3.63, 3.8) is 0 Å². The Morgan fingerprint density at radius 1 is 1.41 bits per heavy atom. The standard InChI is InChI=1S/C13H18INO2/c1-3-4-5-12(13(16)17-2)15-11-8-6-10(14)7-9-11/h6-9,12,15H,3-5H2,1-2H3. The summed E-state index contributed by atoms with van der Waals surface area (Å²) in [4.78, 5) is 11.6. The molecule has 0 amide bonds. The summed E-state index contributed by atoms with van der Waals surface area (Å²) in [6.45, 7) is 2.11. The van der Waals surface area contributed by atoms with Crippen molar-refractivity contribution in [2.75, 3.05) is 12.4 Å². The number of methoxy groups -OCH3 is 1. The number of hydrogen-bond donors (Lipinski definition) is 1. The molecule has 0 aromatic heterocycles. The third-order valence-electron chi connectivity index (χ3n) is 2.52. The smallest absolute Gasteiger partial charge is 0.328 e. The van der Waals surface area contributed by atoms with E-state index in [0.717, 1.165) is 24.9 Å². The molecule has 1 atom stereocenters. The van der Waals surface area contributed by atoms with E-state index in [1.165, 1.54) is 10.7 Å². The van der Waals surface area contributed by atoms with Crippen LogP contribution in [0.1, 0.15) is 26.2 Å². The maximum absolute atomic E-state index is 11.6. The lowest BCUT2D eigenvalue weighted by Crippen LogP contribution is -2.30. The number of unbranched alkanes of at least 4 members (excludes halogenated alkanes) is 1. The Morgan fingerprint density at radius 3 is 2.59 bits per heavy atom. The molecule has 3 nitrogen and oxygen atoms in total. The van der Waals surface area contributed by atoms with Crippen molar-refractivity contribution in [1.29, 1.82) is 0 Å². The van der Waals surface area contributed by atoms with Crippen molar-refractivity contribution in [2.24, 2.45) is 0 Å². The first-order chi connectivity index (χ1) is 8.17. The van der Waals surface area contributed by atoms with E-state index in [2.05, 4.69) is 34.8 Å². The molecular formula is C13H18INO2. The van der Waals surface area contributed by atoms with Gasteiger partial charge in [-0.15, -0.1) is 0 Å². The Labute approximate surface area is 116 Å². The Morgan fingerprint density at radius 2 is 2.06 bits per heavy atom. The van der Waals surface area contributed by atoms with Crippen molar-refractivity contribution in [2.45, 2.75) is 32.2 Å². The predicted octanol–water partition coefficient (Wildman–Crippen LogP) is 3.43. The number of esters is 1. The number of anilines is 1. The first kappa shape index (κ1) is 14.3. The molecule has 0 saturated carbocycles. The minimum absolute atomic E-state index is 0.197. The van der Waals surface area contributed by atoms with Gasteiger partial charge in [-0.05, 0) is 53.3 Å².